The zero-order valence-corrected chi connectivity index (χ0v) is 10.4. The van der Waals surface area contributed by atoms with E-state index in [2.05, 4.69) is 5.32 Å². The van der Waals surface area contributed by atoms with E-state index in [1.807, 2.05) is 12.1 Å². The van der Waals surface area contributed by atoms with Crippen LogP contribution in [0.4, 0.5) is 4.39 Å². The lowest BCUT2D eigenvalue weighted by Gasteiger charge is -2.16. The fourth-order valence-corrected chi connectivity index (χ4v) is 2.60. The molecule has 0 aliphatic heterocycles. The first kappa shape index (κ1) is 12.6. The molecule has 0 unspecified atom stereocenters. The molecule has 1 saturated carbocycles. The van der Waals surface area contributed by atoms with Crippen LogP contribution in [0.15, 0.2) is 24.3 Å². The molecule has 0 aromatic heterocycles. The second kappa shape index (κ2) is 6.75. The van der Waals surface area contributed by atoms with Crippen LogP contribution < -0.4 is 5.32 Å². The molecule has 0 bridgehead atoms. The van der Waals surface area contributed by atoms with E-state index in [0.29, 0.717) is 6.04 Å². The third-order valence-corrected chi connectivity index (χ3v) is 3.64. The first-order chi connectivity index (χ1) is 8.36. The monoisotopic (exact) mass is 235 g/mol. The quantitative estimate of drug-likeness (QED) is 0.785. The van der Waals surface area contributed by atoms with Crippen LogP contribution >= 0.6 is 0 Å². The highest BCUT2D eigenvalue weighted by Gasteiger charge is 2.11. The Balaban J connectivity index is 1.73. The van der Waals surface area contributed by atoms with Gasteiger partial charge in [-0.3, -0.25) is 0 Å². The largest absolute Gasteiger partial charge is 0.314 e. The second-order valence-electron chi connectivity index (χ2n) is 4.98. The number of nitrogens with one attached hydrogen (secondary N) is 1. The average Bonchev–Trinajstić information content (AvgIpc) is 2.60. The molecule has 0 heterocycles. The van der Waals surface area contributed by atoms with Gasteiger partial charge in [0.15, 0.2) is 0 Å². The van der Waals surface area contributed by atoms with Crippen LogP contribution in [0.25, 0.3) is 0 Å². The third-order valence-electron chi connectivity index (χ3n) is 3.64. The maximum Gasteiger partial charge on any atom is 0.126 e. The van der Waals surface area contributed by atoms with Gasteiger partial charge in [0.25, 0.3) is 0 Å². The molecule has 1 nitrogen and oxygen atoms in total. The predicted octanol–water partition coefficient (Wildman–Crippen LogP) is 3.68. The molecule has 2 rings (SSSR count). The summed E-state index contributed by atoms with van der Waals surface area (Å²) in [5, 5.41) is 3.57. The molecule has 1 N–H and O–H groups in total. The first-order valence-corrected chi connectivity index (χ1v) is 6.83. The van der Waals surface area contributed by atoms with E-state index < -0.39 is 0 Å². The number of rotatable bonds is 4. The molecule has 1 aliphatic rings. The molecule has 1 fully saturated rings. The molecule has 2 heteroatoms. The average molecular weight is 235 g/mol. The molecule has 0 amide bonds. The van der Waals surface area contributed by atoms with E-state index in [1.165, 1.54) is 38.5 Å². The fraction of sp³-hybridized carbons (Fsp3) is 0.600. The lowest BCUT2D eigenvalue weighted by molar-refractivity contribution is 0.460. The SMILES string of the molecule is Fc1ccccc1CCNC1CCCCCC1. The molecule has 0 radical (unpaired) electrons. The van der Waals surface area contributed by atoms with Crippen LogP contribution in [0.5, 0.6) is 0 Å². The van der Waals surface area contributed by atoms with Gasteiger partial charge >= 0.3 is 0 Å². The Bertz CT molecular complexity index is 329. The highest BCUT2D eigenvalue weighted by molar-refractivity contribution is 5.17. The fourth-order valence-electron chi connectivity index (χ4n) is 2.60. The van der Waals surface area contributed by atoms with E-state index >= 15 is 0 Å². The number of hydrogen-bond acceptors (Lipinski definition) is 1. The number of hydrogen-bond donors (Lipinski definition) is 1. The Kier molecular flexibility index (Phi) is 4.99. The van der Waals surface area contributed by atoms with Gasteiger partial charge in [-0.25, -0.2) is 4.39 Å². The third kappa shape index (κ3) is 4.12. The zero-order chi connectivity index (χ0) is 11.9. The van der Waals surface area contributed by atoms with Gasteiger partial charge in [0.1, 0.15) is 5.82 Å². The molecule has 1 aliphatic carbocycles. The summed E-state index contributed by atoms with van der Waals surface area (Å²) in [6.45, 7) is 0.894. The van der Waals surface area contributed by atoms with Crippen LogP contribution in [-0.2, 0) is 6.42 Å². The summed E-state index contributed by atoms with van der Waals surface area (Å²) < 4.78 is 13.4. The molecular weight excluding hydrogens is 213 g/mol. The lowest BCUT2D eigenvalue weighted by atomic mass is 10.1. The van der Waals surface area contributed by atoms with Crippen LogP contribution in [0, 0.1) is 5.82 Å². The van der Waals surface area contributed by atoms with Gasteiger partial charge < -0.3 is 5.32 Å². The van der Waals surface area contributed by atoms with Crippen LogP contribution in [0.1, 0.15) is 44.1 Å². The number of benzene rings is 1. The number of halogens is 1. The lowest BCUT2D eigenvalue weighted by Crippen LogP contribution is -2.30. The van der Waals surface area contributed by atoms with E-state index in [0.717, 1.165) is 18.5 Å². The van der Waals surface area contributed by atoms with Crippen molar-refractivity contribution in [1.82, 2.24) is 5.32 Å². The summed E-state index contributed by atoms with van der Waals surface area (Å²) in [5.41, 5.74) is 0.827. The van der Waals surface area contributed by atoms with Crippen molar-refractivity contribution in [3.63, 3.8) is 0 Å². The Labute approximate surface area is 103 Å². The van der Waals surface area contributed by atoms with Gasteiger partial charge in [0.05, 0.1) is 0 Å². The molecule has 1 aromatic carbocycles. The molecule has 17 heavy (non-hydrogen) atoms. The summed E-state index contributed by atoms with van der Waals surface area (Å²) in [6, 6.07) is 7.73. The van der Waals surface area contributed by atoms with Crippen LogP contribution in [-0.4, -0.2) is 12.6 Å². The van der Waals surface area contributed by atoms with Gasteiger partial charge in [-0.2, -0.15) is 0 Å². The predicted molar refractivity (Wildman–Crippen MR) is 69.6 cm³/mol. The molecular formula is C15H22FN. The molecule has 0 spiro atoms. The van der Waals surface area contributed by atoms with Crippen molar-refractivity contribution in [2.45, 2.75) is 51.0 Å². The molecule has 94 valence electrons. The Morgan fingerprint density at radius 1 is 1.06 bits per heavy atom. The van der Waals surface area contributed by atoms with Gasteiger partial charge in [0.2, 0.25) is 0 Å². The van der Waals surface area contributed by atoms with Crippen molar-refractivity contribution in [1.29, 1.82) is 0 Å². The smallest absolute Gasteiger partial charge is 0.126 e. The van der Waals surface area contributed by atoms with Crippen molar-refractivity contribution in [3.8, 4) is 0 Å². The Morgan fingerprint density at radius 3 is 2.47 bits per heavy atom. The van der Waals surface area contributed by atoms with Gasteiger partial charge in [-0.05, 0) is 37.4 Å². The highest BCUT2D eigenvalue weighted by atomic mass is 19.1. The van der Waals surface area contributed by atoms with E-state index in [9.17, 15) is 4.39 Å². The summed E-state index contributed by atoms with van der Waals surface area (Å²) in [6.07, 6.45) is 8.82. The molecule has 1 aromatic rings. The summed E-state index contributed by atoms with van der Waals surface area (Å²) in [5.74, 6) is -0.0739. The van der Waals surface area contributed by atoms with Crippen molar-refractivity contribution in [3.05, 3.63) is 35.6 Å². The van der Waals surface area contributed by atoms with Crippen molar-refractivity contribution in [2.24, 2.45) is 0 Å². The van der Waals surface area contributed by atoms with Crippen LogP contribution in [0.2, 0.25) is 0 Å². The molecule has 0 saturated heterocycles. The standard InChI is InChI=1S/C15H22FN/c16-15-10-6-5-7-13(15)11-12-17-14-8-3-1-2-4-9-14/h5-7,10,14,17H,1-4,8-9,11-12H2. The van der Waals surface area contributed by atoms with Gasteiger partial charge in [-0.15, -0.1) is 0 Å². The maximum atomic E-state index is 13.4. The maximum absolute atomic E-state index is 13.4. The minimum absolute atomic E-state index is 0.0739. The van der Waals surface area contributed by atoms with Gasteiger partial charge in [0, 0.05) is 6.04 Å². The van der Waals surface area contributed by atoms with Gasteiger partial charge in [-0.1, -0.05) is 43.9 Å². The summed E-state index contributed by atoms with van der Waals surface area (Å²) >= 11 is 0. The second-order valence-corrected chi connectivity index (χ2v) is 4.98. The Hall–Kier alpha value is -0.890. The Morgan fingerprint density at radius 2 is 1.76 bits per heavy atom. The van der Waals surface area contributed by atoms with E-state index in [4.69, 9.17) is 0 Å². The normalized spacial score (nSPS) is 17.9. The zero-order valence-electron chi connectivity index (χ0n) is 10.4. The van der Waals surface area contributed by atoms with Crippen molar-refractivity contribution < 1.29 is 4.39 Å². The summed E-state index contributed by atoms with van der Waals surface area (Å²) in [4.78, 5) is 0. The van der Waals surface area contributed by atoms with Crippen molar-refractivity contribution >= 4 is 0 Å². The topological polar surface area (TPSA) is 12.0 Å². The minimum atomic E-state index is -0.0739. The van der Waals surface area contributed by atoms with E-state index in [-0.39, 0.29) is 5.82 Å². The molecule has 0 atom stereocenters. The van der Waals surface area contributed by atoms with Crippen molar-refractivity contribution in [2.75, 3.05) is 6.54 Å². The highest BCUT2D eigenvalue weighted by Crippen LogP contribution is 2.17. The van der Waals surface area contributed by atoms with E-state index in [1.54, 1.807) is 12.1 Å². The minimum Gasteiger partial charge on any atom is -0.314 e. The first-order valence-electron chi connectivity index (χ1n) is 6.83. The summed E-state index contributed by atoms with van der Waals surface area (Å²) in [7, 11) is 0. The van der Waals surface area contributed by atoms with Crippen LogP contribution in [0.3, 0.4) is 0 Å².